The van der Waals surface area contributed by atoms with E-state index in [4.69, 9.17) is 0 Å². The van der Waals surface area contributed by atoms with E-state index >= 15 is 0 Å². The van der Waals surface area contributed by atoms with Crippen molar-refractivity contribution in [2.45, 2.75) is 25.3 Å². The zero-order valence-corrected chi connectivity index (χ0v) is 9.70. The molecule has 0 fully saturated rings. The monoisotopic (exact) mass is 216 g/mol. The van der Waals surface area contributed by atoms with Crippen LogP contribution in [0.5, 0.6) is 0 Å². The maximum atomic E-state index is 4.39. The van der Waals surface area contributed by atoms with Gasteiger partial charge in [-0.05, 0) is 33.4 Å². The average Bonchev–Trinajstić information content (AvgIpc) is 2.66. The molecule has 1 aliphatic rings. The van der Waals surface area contributed by atoms with Gasteiger partial charge in [0.15, 0.2) is 0 Å². The van der Waals surface area contributed by atoms with Crippen molar-refractivity contribution >= 4 is 11.0 Å². The highest BCUT2D eigenvalue weighted by molar-refractivity contribution is 5.79. The molecule has 16 heavy (non-hydrogen) atoms. The molecular weight excluding hydrogens is 200 g/mol. The molecule has 1 unspecified atom stereocenters. The predicted octanol–water partition coefficient (Wildman–Crippen LogP) is 1.38. The Morgan fingerprint density at radius 3 is 3.12 bits per heavy atom. The number of nitrogens with zero attached hydrogens (tertiary/aromatic N) is 3. The van der Waals surface area contributed by atoms with Gasteiger partial charge in [0, 0.05) is 17.3 Å². The fourth-order valence-electron chi connectivity index (χ4n) is 2.57. The van der Waals surface area contributed by atoms with Crippen molar-refractivity contribution in [2.75, 3.05) is 14.1 Å². The van der Waals surface area contributed by atoms with Crippen molar-refractivity contribution in [3.05, 3.63) is 23.8 Å². The Kier molecular flexibility index (Phi) is 2.17. The first-order valence-electron chi connectivity index (χ1n) is 5.71. The Balaban J connectivity index is 2.08. The number of nitrogens with one attached hydrogen (secondary N) is 1. The minimum atomic E-state index is 0.640. The Morgan fingerprint density at radius 2 is 2.31 bits per heavy atom. The molecule has 2 heterocycles. The van der Waals surface area contributed by atoms with Crippen LogP contribution in [-0.4, -0.2) is 40.0 Å². The fourth-order valence-corrected chi connectivity index (χ4v) is 2.57. The smallest absolute Gasteiger partial charge is 0.116 e. The van der Waals surface area contributed by atoms with Crippen LogP contribution in [0.1, 0.15) is 17.7 Å². The lowest BCUT2D eigenvalue weighted by Crippen LogP contribution is -2.33. The van der Waals surface area contributed by atoms with Crippen molar-refractivity contribution in [3.8, 4) is 0 Å². The second-order valence-corrected chi connectivity index (χ2v) is 4.73. The van der Waals surface area contributed by atoms with E-state index in [1.807, 2.05) is 6.20 Å². The first-order valence-corrected chi connectivity index (χ1v) is 5.71. The zero-order valence-electron chi connectivity index (χ0n) is 9.70. The Labute approximate surface area is 94.7 Å². The molecule has 0 amide bonds. The Bertz CT molecular complexity index is 515. The van der Waals surface area contributed by atoms with Crippen molar-refractivity contribution in [1.29, 1.82) is 0 Å². The van der Waals surface area contributed by atoms with E-state index in [-0.39, 0.29) is 0 Å². The summed E-state index contributed by atoms with van der Waals surface area (Å²) in [6.07, 6.45) is 6.94. The normalized spacial score (nSPS) is 20.3. The van der Waals surface area contributed by atoms with Gasteiger partial charge in [-0.3, -0.25) is 0 Å². The molecule has 3 rings (SSSR count). The van der Waals surface area contributed by atoms with Crippen molar-refractivity contribution < 1.29 is 0 Å². The largest absolute Gasteiger partial charge is 0.356 e. The highest BCUT2D eigenvalue weighted by Gasteiger charge is 2.24. The molecule has 0 saturated carbocycles. The van der Waals surface area contributed by atoms with Crippen molar-refractivity contribution in [3.63, 3.8) is 0 Å². The van der Waals surface area contributed by atoms with Gasteiger partial charge in [-0.15, -0.1) is 0 Å². The first-order chi connectivity index (χ1) is 7.75. The van der Waals surface area contributed by atoms with E-state index < -0.39 is 0 Å². The maximum absolute atomic E-state index is 4.39. The molecule has 1 aliphatic carbocycles. The molecular formula is C12H16N4. The second kappa shape index (κ2) is 3.56. The fraction of sp³-hybridized carbons (Fsp3) is 0.500. The lowest BCUT2D eigenvalue weighted by Gasteiger charge is -2.28. The topological polar surface area (TPSA) is 44.8 Å². The number of aryl methyl sites for hydroxylation is 1. The number of likely N-dealkylation sites (N-methyl/N-ethyl adjacent to an activating group) is 1. The molecule has 1 atom stereocenters. The van der Waals surface area contributed by atoms with Crippen LogP contribution in [0.25, 0.3) is 11.0 Å². The van der Waals surface area contributed by atoms with Crippen LogP contribution in [0.2, 0.25) is 0 Å². The van der Waals surface area contributed by atoms with Gasteiger partial charge in [0.1, 0.15) is 6.33 Å². The van der Waals surface area contributed by atoms with Crippen LogP contribution in [0.15, 0.2) is 12.5 Å². The number of fused-ring (bicyclic) bond motifs is 3. The van der Waals surface area contributed by atoms with E-state index in [1.165, 1.54) is 17.7 Å². The Hall–Kier alpha value is -1.42. The van der Waals surface area contributed by atoms with Gasteiger partial charge in [-0.1, -0.05) is 0 Å². The van der Waals surface area contributed by atoms with Crippen LogP contribution in [0.4, 0.5) is 0 Å². The summed E-state index contributed by atoms with van der Waals surface area (Å²) in [6.45, 7) is 0. The molecule has 4 heteroatoms. The molecule has 0 aromatic carbocycles. The summed E-state index contributed by atoms with van der Waals surface area (Å²) in [5, 5.41) is 0. The van der Waals surface area contributed by atoms with Crippen LogP contribution < -0.4 is 0 Å². The number of hydrogen-bond acceptors (Lipinski definition) is 3. The summed E-state index contributed by atoms with van der Waals surface area (Å²) >= 11 is 0. The summed E-state index contributed by atoms with van der Waals surface area (Å²) in [6, 6.07) is 0.640. The molecule has 2 aromatic rings. The SMILES string of the molecule is CN(C)C1CCc2[nH]c3cncnc3c2C1. The van der Waals surface area contributed by atoms with E-state index in [0.717, 1.165) is 23.9 Å². The van der Waals surface area contributed by atoms with E-state index in [0.29, 0.717) is 6.04 Å². The third-order valence-corrected chi connectivity index (χ3v) is 3.55. The quantitative estimate of drug-likeness (QED) is 0.783. The third-order valence-electron chi connectivity index (χ3n) is 3.55. The average molecular weight is 216 g/mol. The summed E-state index contributed by atoms with van der Waals surface area (Å²) in [5.41, 5.74) is 4.93. The van der Waals surface area contributed by atoms with Gasteiger partial charge in [0.25, 0.3) is 0 Å². The molecule has 0 radical (unpaired) electrons. The van der Waals surface area contributed by atoms with Gasteiger partial charge in [0.2, 0.25) is 0 Å². The van der Waals surface area contributed by atoms with Crippen LogP contribution >= 0.6 is 0 Å². The summed E-state index contributed by atoms with van der Waals surface area (Å²) < 4.78 is 0. The molecule has 0 saturated heterocycles. The third kappa shape index (κ3) is 1.41. The lowest BCUT2D eigenvalue weighted by molar-refractivity contribution is 0.268. The molecule has 1 N–H and O–H groups in total. The molecule has 2 aromatic heterocycles. The molecule has 4 nitrogen and oxygen atoms in total. The van der Waals surface area contributed by atoms with E-state index in [1.54, 1.807) is 6.33 Å². The second-order valence-electron chi connectivity index (χ2n) is 4.73. The van der Waals surface area contributed by atoms with Crippen LogP contribution in [-0.2, 0) is 12.8 Å². The molecule has 0 aliphatic heterocycles. The first kappa shape index (κ1) is 9.78. The van der Waals surface area contributed by atoms with Gasteiger partial charge < -0.3 is 9.88 Å². The molecule has 0 bridgehead atoms. The number of aromatic nitrogens is 3. The van der Waals surface area contributed by atoms with Crippen molar-refractivity contribution in [2.24, 2.45) is 0 Å². The van der Waals surface area contributed by atoms with E-state index in [9.17, 15) is 0 Å². The standard InChI is InChI=1S/C12H16N4/c1-16(2)8-3-4-10-9(5-8)12-11(15-10)6-13-7-14-12/h6-8,15H,3-5H2,1-2H3. The number of aromatic amines is 1. The maximum Gasteiger partial charge on any atom is 0.116 e. The van der Waals surface area contributed by atoms with Gasteiger partial charge in [0.05, 0.1) is 17.2 Å². The van der Waals surface area contributed by atoms with Gasteiger partial charge >= 0.3 is 0 Å². The zero-order chi connectivity index (χ0) is 11.1. The molecule has 0 spiro atoms. The number of rotatable bonds is 1. The highest BCUT2D eigenvalue weighted by atomic mass is 15.1. The number of H-pyrrole nitrogens is 1. The molecule has 84 valence electrons. The summed E-state index contributed by atoms with van der Waals surface area (Å²) in [5.74, 6) is 0. The van der Waals surface area contributed by atoms with Crippen LogP contribution in [0.3, 0.4) is 0 Å². The van der Waals surface area contributed by atoms with Crippen LogP contribution in [0, 0.1) is 0 Å². The minimum Gasteiger partial charge on any atom is -0.356 e. The predicted molar refractivity (Wildman–Crippen MR) is 63.4 cm³/mol. The minimum absolute atomic E-state index is 0.640. The lowest BCUT2D eigenvalue weighted by atomic mass is 9.92. The highest BCUT2D eigenvalue weighted by Crippen LogP contribution is 2.28. The van der Waals surface area contributed by atoms with E-state index in [2.05, 4.69) is 33.9 Å². The Morgan fingerprint density at radius 1 is 1.44 bits per heavy atom. The van der Waals surface area contributed by atoms with Crippen molar-refractivity contribution in [1.82, 2.24) is 19.9 Å². The van der Waals surface area contributed by atoms with Gasteiger partial charge in [-0.25, -0.2) is 9.97 Å². The summed E-state index contributed by atoms with van der Waals surface area (Å²) in [4.78, 5) is 14.2. The summed E-state index contributed by atoms with van der Waals surface area (Å²) in [7, 11) is 4.30. The number of hydrogen-bond donors (Lipinski definition) is 1. The van der Waals surface area contributed by atoms with Gasteiger partial charge in [-0.2, -0.15) is 0 Å².